The van der Waals surface area contributed by atoms with Crippen molar-refractivity contribution in [2.24, 2.45) is 0 Å². The Hall–Kier alpha value is -0.830. The molecule has 0 aliphatic heterocycles. The van der Waals surface area contributed by atoms with Crippen molar-refractivity contribution in [1.82, 2.24) is 5.32 Å². The lowest BCUT2D eigenvalue weighted by molar-refractivity contribution is -0.137. The average Bonchev–Trinajstić information content (AvgIpc) is 2.40. The second-order valence-electron chi connectivity index (χ2n) is 4.83. The Morgan fingerprint density at radius 3 is 2.26 bits per heavy atom. The third-order valence-electron chi connectivity index (χ3n) is 3.01. The molecule has 19 heavy (non-hydrogen) atoms. The highest BCUT2D eigenvalue weighted by Gasteiger charge is 1.93. The van der Waals surface area contributed by atoms with Gasteiger partial charge in [0.1, 0.15) is 0 Å². The Kier molecular flexibility index (Phi) is 14.6. The highest BCUT2D eigenvalue weighted by atomic mass is 16.5. The Morgan fingerprint density at radius 1 is 1.00 bits per heavy atom. The molecule has 0 amide bonds. The highest BCUT2D eigenvalue weighted by Crippen LogP contribution is 2.07. The molecule has 0 unspecified atom stereocenters. The summed E-state index contributed by atoms with van der Waals surface area (Å²) in [4.78, 5) is 11.0. The molecule has 0 aliphatic carbocycles. The molecule has 0 fully saturated rings. The number of rotatable bonds is 13. The summed E-state index contributed by atoms with van der Waals surface area (Å²) in [6.07, 6.45) is 14.1. The van der Waals surface area contributed by atoms with Gasteiger partial charge in [0, 0.05) is 12.6 Å². The Morgan fingerprint density at radius 2 is 1.63 bits per heavy atom. The number of carbonyl (C=O) groups excluding carboxylic acids is 1. The van der Waals surface area contributed by atoms with Gasteiger partial charge in [0.25, 0.3) is 0 Å². The van der Waals surface area contributed by atoms with Crippen LogP contribution in [0.2, 0.25) is 0 Å². The summed E-state index contributed by atoms with van der Waals surface area (Å²) in [6.45, 7) is 6.28. The van der Waals surface area contributed by atoms with Crippen LogP contribution in [0.1, 0.15) is 65.2 Å². The topological polar surface area (TPSA) is 38.3 Å². The fourth-order valence-corrected chi connectivity index (χ4v) is 1.91. The van der Waals surface area contributed by atoms with E-state index in [9.17, 15) is 4.79 Å². The summed E-state index contributed by atoms with van der Waals surface area (Å²) in [5.74, 6) is -0.253. The van der Waals surface area contributed by atoms with Gasteiger partial charge in [-0.1, -0.05) is 57.9 Å². The van der Waals surface area contributed by atoms with Crippen LogP contribution < -0.4 is 5.32 Å². The zero-order valence-electron chi connectivity index (χ0n) is 12.7. The Balaban J connectivity index is 3.12. The predicted octanol–water partition coefficient (Wildman–Crippen LogP) is 3.84. The van der Waals surface area contributed by atoms with Gasteiger partial charge < -0.3 is 10.1 Å². The van der Waals surface area contributed by atoms with Gasteiger partial charge in [-0.05, 0) is 19.9 Å². The van der Waals surface area contributed by atoms with Crippen LogP contribution in [0.15, 0.2) is 12.2 Å². The number of hydrogen-bond acceptors (Lipinski definition) is 3. The number of unbranched alkanes of at least 4 members (excludes halogenated alkanes) is 7. The summed E-state index contributed by atoms with van der Waals surface area (Å²) in [6, 6.07) is 0. The van der Waals surface area contributed by atoms with E-state index in [-0.39, 0.29) is 5.97 Å². The van der Waals surface area contributed by atoms with E-state index in [1.165, 1.54) is 57.4 Å². The van der Waals surface area contributed by atoms with Gasteiger partial charge in [0.2, 0.25) is 0 Å². The third kappa shape index (κ3) is 15.1. The second-order valence-corrected chi connectivity index (χ2v) is 4.83. The first-order chi connectivity index (χ1) is 9.31. The third-order valence-corrected chi connectivity index (χ3v) is 3.01. The average molecular weight is 269 g/mol. The molecular formula is C16H31NO2. The molecule has 0 aromatic rings. The maximum absolute atomic E-state index is 11.0. The van der Waals surface area contributed by atoms with E-state index in [4.69, 9.17) is 4.74 Å². The van der Waals surface area contributed by atoms with Crippen LogP contribution in [0.25, 0.3) is 0 Å². The standard InChI is InChI=1S/C16H31NO2/c1-3-5-6-7-8-9-10-11-14-17-15-12-13-16(18)19-4-2/h12-13,17H,3-11,14-15H2,1-2H3/b13-12+. The number of esters is 1. The molecule has 0 radical (unpaired) electrons. The monoisotopic (exact) mass is 269 g/mol. The molecule has 0 spiro atoms. The zero-order valence-corrected chi connectivity index (χ0v) is 12.7. The first-order valence-corrected chi connectivity index (χ1v) is 7.85. The largest absolute Gasteiger partial charge is 0.463 e. The van der Waals surface area contributed by atoms with Gasteiger partial charge in [-0.15, -0.1) is 0 Å². The highest BCUT2D eigenvalue weighted by molar-refractivity contribution is 5.81. The number of nitrogens with one attached hydrogen (secondary N) is 1. The summed E-state index contributed by atoms with van der Waals surface area (Å²) in [5, 5.41) is 3.30. The van der Waals surface area contributed by atoms with Crippen molar-refractivity contribution in [1.29, 1.82) is 0 Å². The first-order valence-electron chi connectivity index (χ1n) is 7.85. The van der Waals surface area contributed by atoms with E-state index in [2.05, 4.69) is 12.2 Å². The molecule has 0 aromatic heterocycles. The summed E-state index contributed by atoms with van der Waals surface area (Å²) < 4.78 is 4.79. The molecular weight excluding hydrogens is 238 g/mol. The van der Waals surface area contributed by atoms with Crippen molar-refractivity contribution in [2.75, 3.05) is 19.7 Å². The second kappa shape index (κ2) is 15.2. The molecule has 0 aliphatic rings. The van der Waals surface area contributed by atoms with Gasteiger partial charge in [-0.2, -0.15) is 0 Å². The minimum atomic E-state index is -0.253. The quantitative estimate of drug-likeness (QED) is 0.314. The summed E-state index contributed by atoms with van der Waals surface area (Å²) >= 11 is 0. The van der Waals surface area contributed by atoms with Crippen LogP contribution in [0, 0.1) is 0 Å². The van der Waals surface area contributed by atoms with Crippen molar-refractivity contribution in [3.63, 3.8) is 0 Å². The number of hydrogen-bond donors (Lipinski definition) is 1. The lowest BCUT2D eigenvalue weighted by Crippen LogP contribution is -2.15. The molecule has 0 saturated carbocycles. The van der Waals surface area contributed by atoms with Gasteiger partial charge in [-0.3, -0.25) is 0 Å². The molecule has 3 nitrogen and oxygen atoms in total. The summed E-state index contributed by atoms with van der Waals surface area (Å²) in [7, 11) is 0. The van der Waals surface area contributed by atoms with Crippen LogP contribution in [0.3, 0.4) is 0 Å². The van der Waals surface area contributed by atoms with Crippen LogP contribution in [0.5, 0.6) is 0 Å². The fraction of sp³-hybridized carbons (Fsp3) is 0.812. The smallest absolute Gasteiger partial charge is 0.330 e. The SMILES string of the molecule is CCCCCCCCCCNC/C=C/C(=O)OCC. The van der Waals surface area contributed by atoms with E-state index in [1.807, 2.05) is 13.0 Å². The van der Waals surface area contributed by atoms with Gasteiger partial charge >= 0.3 is 5.97 Å². The fourth-order valence-electron chi connectivity index (χ4n) is 1.91. The number of ether oxygens (including phenoxy) is 1. The normalized spacial score (nSPS) is 11.1. The van der Waals surface area contributed by atoms with Crippen LogP contribution in [-0.2, 0) is 9.53 Å². The van der Waals surface area contributed by atoms with Crippen molar-refractivity contribution in [3.8, 4) is 0 Å². The van der Waals surface area contributed by atoms with Crippen molar-refractivity contribution >= 4 is 5.97 Å². The van der Waals surface area contributed by atoms with Gasteiger partial charge in [-0.25, -0.2) is 4.79 Å². The van der Waals surface area contributed by atoms with E-state index < -0.39 is 0 Å². The molecule has 0 saturated heterocycles. The van der Waals surface area contributed by atoms with Crippen LogP contribution >= 0.6 is 0 Å². The summed E-state index contributed by atoms with van der Waals surface area (Å²) in [5.41, 5.74) is 0. The predicted molar refractivity (Wildman–Crippen MR) is 81.3 cm³/mol. The van der Waals surface area contributed by atoms with Crippen molar-refractivity contribution in [2.45, 2.75) is 65.2 Å². The lowest BCUT2D eigenvalue weighted by Gasteiger charge is -2.02. The molecule has 1 N–H and O–H groups in total. The Bertz CT molecular complexity index is 227. The van der Waals surface area contributed by atoms with Crippen LogP contribution in [-0.4, -0.2) is 25.7 Å². The number of carbonyl (C=O) groups is 1. The van der Waals surface area contributed by atoms with E-state index in [0.717, 1.165) is 13.1 Å². The molecule has 0 bridgehead atoms. The van der Waals surface area contributed by atoms with Gasteiger partial charge in [0.05, 0.1) is 6.61 Å². The molecule has 0 rings (SSSR count). The van der Waals surface area contributed by atoms with Crippen LogP contribution in [0.4, 0.5) is 0 Å². The van der Waals surface area contributed by atoms with Gasteiger partial charge in [0.15, 0.2) is 0 Å². The lowest BCUT2D eigenvalue weighted by atomic mass is 10.1. The minimum absolute atomic E-state index is 0.253. The molecule has 112 valence electrons. The van der Waals surface area contributed by atoms with Crippen molar-refractivity contribution in [3.05, 3.63) is 12.2 Å². The molecule has 0 heterocycles. The van der Waals surface area contributed by atoms with E-state index in [1.54, 1.807) is 0 Å². The van der Waals surface area contributed by atoms with E-state index in [0.29, 0.717) is 6.61 Å². The van der Waals surface area contributed by atoms with Crippen molar-refractivity contribution < 1.29 is 9.53 Å². The zero-order chi connectivity index (χ0) is 14.2. The van der Waals surface area contributed by atoms with E-state index >= 15 is 0 Å². The first kappa shape index (κ1) is 18.2. The molecule has 0 aromatic carbocycles. The maximum atomic E-state index is 11.0. The molecule has 3 heteroatoms. The maximum Gasteiger partial charge on any atom is 0.330 e. The Labute approximate surface area is 118 Å². The molecule has 0 atom stereocenters. The minimum Gasteiger partial charge on any atom is -0.463 e.